The molecule has 0 aliphatic carbocycles. The number of benzene rings is 2. The van der Waals surface area contributed by atoms with Crippen molar-refractivity contribution in [2.75, 3.05) is 7.05 Å². The van der Waals surface area contributed by atoms with E-state index in [2.05, 4.69) is 9.97 Å². The molecule has 5 heteroatoms. The molecule has 26 heavy (non-hydrogen) atoms. The van der Waals surface area contributed by atoms with Gasteiger partial charge in [0.05, 0.1) is 6.04 Å². The number of carbonyl (C=O) groups is 1. The molecule has 0 saturated carbocycles. The molecule has 0 fully saturated rings. The third kappa shape index (κ3) is 2.58. The summed E-state index contributed by atoms with van der Waals surface area (Å²) in [6.45, 7) is 1.96. The standard InChI is InChI=1S/C21H19N3O2/c1-13(17-12-22-20(25)16-9-5-4-8-15(16)17)24(2)21(26)19-11-14-7-3-6-10-18(14)23-19/h3-13,23H,1-2H3,(H,22,25)/t13-/m1/s1. The molecular formula is C21H19N3O2. The lowest BCUT2D eigenvalue weighted by Gasteiger charge is -2.25. The third-order valence-electron chi connectivity index (χ3n) is 4.95. The number of aromatic nitrogens is 2. The third-order valence-corrected chi connectivity index (χ3v) is 4.95. The Morgan fingerprint density at radius 2 is 1.73 bits per heavy atom. The van der Waals surface area contributed by atoms with Crippen molar-refractivity contribution in [2.45, 2.75) is 13.0 Å². The van der Waals surface area contributed by atoms with Gasteiger partial charge in [0.15, 0.2) is 0 Å². The number of para-hydroxylation sites is 1. The Labute approximate surface area is 150 Å². The molecule has 4 aromatic rings. The molecule has 2 heterocycles. The maximum absolute atomic E-state index is 13.0. The lowest BCUT2D eigenvalue weighted by molar-refractivity contribution is 0.0738. The minimum atomic E-state index is -0.198. The summed E-state index contributed by atoms with van der Waals surface area (Å²) < 4.78 is 0. The van der Waals surface area contributed by atoms with E-state index in [0.29, 0.717) is 11.1 Å². The number of pyridine rings is 1. The van der Waals surface area contributed by atoms with Gasteiger partial charge < -0.3 is 14.9 Å². The van der Waals surface area contributed by atoms with Crippen molar-refractivity contribution in [3.63, 3.8) is 0 Å². The topological polar surface area (TPSA) is 69.0 Å². The summed E-state index contributed by atoms with van der Waals surface area (Å²) in [5.74, 6) is -0.0935. The van der Waals surface area contributed by atoms with E-state index in [1.807, 2.05) is 55.5 Å². The summed E-state index contributed by atoms with van der Waals surface area (Å²) in [7, 11) is 1.78. The van der Waals surface area contributed by atoms with Crippen molar-refractivity contribution in [3.05, 3.63) is 82.4 Å². The van der Waals surface area contributed by atoms with Crippen molar-refractivity contribution in [1.29, 1.82) is 0 Å². The lowest BCUT2D eigenvalue weighted by Crippen LogP contribution is -2.30. The van der Waals surface area contributed by atoms with Gasteiger partial charge in [-0.25, -0.2) is 0 Å². The summed E-state index contributed by atoms with van der Waals surface area (Å²) in [6.07, 6.45) is 1.70. The molecule has 0 aliphatic rings. The van der Waals surface area contributed by atoms with Crippen LogP contribution in [0.25, 0.3) is 21.7 Å². The van der Waals surface area contributed by atoms with Crippen LogP contribution in [0.2, 0.25) is 0 Å². The second-order valence-electron chi connectivity index (χ2n) is 6.48. The Morgan fingerprint density at radius 3 is 2.50 bits per heavy atom. The van der Waals surface area contributed by atoms with E-state index >= 15 is 0 Å². The van der Waals surface area contributed by atoms with E-state index in [1.54, 1.807) is 24.2 Å². The first-order valence-corrected chi connectivity index (χ1v) is 8.51. The van der Waals surface area contributed by atoms with Gasteiger partial charge in [-0.15, -0.1) is 0 Å². The molecule has 2 aromatic carbocycles. The van der Waals surface area contributed by atoms with Crippen molar-refractivity contribution >= 4 is 27.6 Å². The summed E-state index contributed by atoms with van der Waals surface area (Å²) in [6, 6.07) is 16.9. The average Bonchev–Trinajstić information content (AvgIpc) is 3.11. The highest BCUT2D eigenvalue weighted by atomic mass is 16.2. The largest absolute Gasteiger partial charge is 0.351 e. The monoisotopic (exact) mass is 345 g/mol. The van der Waals surface area contributed by atoms with Crippen LogP contribution in [0, 0.1) is 0 Å². The van der Waals surface area contributed by atoms with Gasteiger partial charge >= 0.3 is 0 Å². The zero-order chi connectivity index (χ0) is 18.3. The van der Waals surface area contributed by atoms with Crippen LogP contribution in [0.1, 0.15) is 29.0 Å². The molecule has 1 amide bonds. The van der Waals surface area contributed by atoms with Crippen LogP contribution < -0.4 is 5.56 Å². The number of hydrogen-bond acceptors (Lipinski definition) is 2. The quantitative estimate of drug-likeness (QED) is 0.592. The second-order valence-corrected chi connectivity index (χ2v) is 6.48. The average molecular weight is 345 g/mol. The maximum atomic E-state index is 13.0. The molecule has 2 N–H and O–H groups in total. The number of carbonyl (C=O) groups excluding carboxylic acids is 1. The van der Waals surface area contributed by atoms with Gasteiger partial charge in [0.2, 0.25) is 0 Å². The first-order valence-electron chi connectivity index (χ1n) is 8.51. The summed E-state index contributed by atoms with van der Waals surface area (Å²) in [5, 5.41) is 2.50. The zero-order valence-electron chi connectivity index (χ0n) is 14.6. The molecule has 0 spiro atoms. The molecule has 0 bridgehead atoms. The predicted molar refractivity (Wildman–Crippen MR) is 103 cm³/mol. The molecule has 2 aromatic heterocycles. The number of rotatable bonds is 3. The van der Waals surface area contributed by atoms with Crippen LogP contribution in [0.15, 0.2) is 65.6 Å². The molecule has 0 radical (unpaired) electrons. The molecular weight excluding hydrogens is 326 g/mol. The molecule has 0 unspecified atom stereocenters. The van der Waals surface area contributed by atoms with E-state index < -0.39 is 0 Å². The maximum Gasteiger partial charge on any atom is 0.270 e. The highest BCUT2D eigenvalue weighted by Gasteiger charge is 2.22. The minimum absolute atomic E-state index is 0.0935. The smallest absolute Gasteiger partial charge is 0.270 e. The Hall–Kier alpha value is -3.34. The summed E-state index contributed by atoms with van der Waals surface area (Å²) in [5.41, 5.74) is 2.27. The van der Waals surface area contributed by atoms with Gasteiger partial charge in [0.25, 0.3) is 11.5 Å². The first-order chi connectivity index (χ1) is 12.6. The van der Waals surface area contributed by atoms with E-state index in [0.717, 1.165) is 21.9 Å². The van der Waals surface area contributed by atoms with Crippen LogP contribution in [0.3, 0.4) is 0 Å². The van der Waals surface area contributed by atoms with Gasteiger partial charge in [0.1, 0.15) is 5.69 Å². The molecule has 4 rings (SSSR count). The molecule has 5 nitrogen and oxygen atoms in total. The summed E-state index contributed by atoms with van der Waals surface area (Å²) >= 11 is 0. The van der Waals surface area contributed by atoms with Gasteiger partial charge in [-0.05, 0) is 36.1 Å². The Kier molecular flexibility index (Phi) is 3.84. The van der Waals surface area contributed by atoms with Gasteiger partial charge in [0, 0.05) is 29.5 Å². The van der Waals surface area contributed by atoms with Crippen LogP contribution >= 0.6 is 0 Å². The molecule has 130 valence electrons. The SMILES string of the molecule is C[C@H](c1c[nH]c(=O)c2ccccc12)N(C)C(=O)c1cc2ccccc2[nH]1. The first kappa shape index (κ1) is 16.1. The Morgan fingerprint density at radius 1 is 1.04 bits per heavy atom. The van der Waals surface area contributed by atoms with Gasteiger partial charge in [-0.3, -0.25) is 9.59 Å². The van der Waals surface area contributed by atoms with Crippen molar-refractivity contribution in [3.8, 4) is 0 Å². The highest BCUT2D eigenvalue weighted by molar-refractivity contribution is 5.98. The normalized spacial score (nSPS) is 12.4. The number of H-pyrrole nitrogens is 2. The van der Waals surface area contributed by atoms with Crippen molar-refractivity contribution < 1.29 is 4.79 Å². The number of aromatic amines is 2. The minimum Gasteiger partial charge on any atom is -0.351 e. The van der Waals surface area contributed by atoms with Crippen LogP contribution in [-0.2, 0) is 0 Å². The van der Waals surface area contributed by atoms with Crippen molar-refractivity contribution in [1.82, 2.24) is 14.9 Å². The van der Waals surface area contributed by atoms with Crippen molar-refractivity contribution in [2.24, 2.45) is 0 Å². The Balaban J connectivity index is 1.72. The second kappa shape index (κ2) is 6.19. The van der Waals surface area contributed by atoms with Gasteiger partial charge in [-0.1, -0.05) is 36.4 Å². The lowest BCUT2D eigenvalue weighted by atomic mass is 10.0. The fraction of sp³-hybridized carbons (Fsp3) is 0.143. The van der Waals surface area contributed by atoms with Crippen LogP contribution in [0.5, 0.6) is 0 Å². The fourth-order valence-electron chi connectivity index (χ4n) is 3.34. The predicted octanol–water partition coefficient (Wildman–Crippen LogP) is 3.84. The number of nitrogens with zero attached hydrogens (tertiary/aromatic N) is 1. The fourth-order valence-corrected chi connectivity index (χ4v) is 3.34. The van der Waals surface area contributed by atoms with E-state index in [1.165, 1.54) is 0 Å². The highest BCUT2D eigenvalue weighted by Crippen LogP contribution is 2.26. The summed E-state index contributed by atoms with van der Waals surface area (Å²) in [4.78, 5) is 32.6. The van der Waals surface area contributed by atoms with Crippen LogP contribution in [0.4, 0.5) is 0 Å². The number of hydrogen-bond donors (Lipinski definition) is 2. The van der Waals surface area contributed by atoms with E-state index in [-0.39, 0.29) is 17.5 Å². The molecule has 1 atom stereocenters. The van der Waals surface area contributed by atoms with Gasteiger partial charge in [-0.2, -0.15) is 0 Å². The number of nitrogens with one attached hydrogen (secondary N) is 2. The van der Waals surface area contributed by atoms with E-state index in [4.69, 9.17) is 0 Å². The molecule has 0 saturated heterocycles. The Bertz CT molecular complexity index is 1140. The molecule has 0 aliphatic heterocycles. The van der Waals surface area contributed by atoms with Crippen LogP contribution in [-0.4, -0.2) is 27.8 Å². The number of fused-ring (bicyclic) bond motifs is 2. The van der Waals surface area contributed by atoms with E-state index in [9.17, 15) is 9.59 Å². The zero-order valence-corrected chi connectivity index (χ0v) is 14.6. The number of amides is 1.